The molecule has 2 aromatic carbocycles. The number of likely N-dealkylation sites (tertiary alicyclic amines) is 1. The Morgan fingerprint density at radius 1 is 1.02 bits per heavy atom. The third kappa shape index (κ3) is 6.41. The lowest BCUT2D eigenvalue weighted by atomic mass is 10.0. The standard InChI is InChI=1S/C34H40N8O3/c1-45-34(33(44)37-26-8-12-30-28(21-26)29(38-39-30)11-5-24-3-4-24)13-16-40(23-34)22-31(43)42-19-17-41(18-20-42)27-9-6-25(7-10-27)32-35-14-2-15-36-32/h2,6-10,12,14-15,21,24H,3-5,11,13,16-20,22-23H2,1H3,(H,37,44)(H,38,39)/t34-/m0/s1. The number of nitrogens with zero attached hydrogens (tertiary/aromatic N) is 6. The fraction of sp³-hybridized carbons (Fsp3) is 0.441. The number of anilines is 2. The van der Waals surface area contributed by atoms with Crippen LogP contribution >= 0.6 is 0 Å². The summed E-state index contributed by atoms with van der Waals surface area (Å²) < 4.78 is 5.85. The molecule has 3 fully saturated rings. The Kier molecular flexibility index (Phi) is 8.20. The first kappa shape index (κ1) is 29.4. The summed E-state index contributed by atoms with van der Waals surface area (Å²) >= 11 is 0. The number of rotatable bonds is 10. The van der Waals surface area contributed by atoms with Gasteiger partial charge in [-0.15, -0.1) is 0 Å². The van der Waals surface area contributed by atoms with Crippen LogP contribution < -0.4 is 10.2 Å². The van der Waals surface area contributed by atoms with Crippen molar-refractivity contribution in [2.45, 2.75) is 37.7 Å². The molecule has 45 heavy (non-hydrogen) atoms. The van der Waals surface area contributed by atoms with Gasteiger partial charge in [-0.05, 0) is 73.7 Å². The summed E-state index contributed by atoms with van der Waals surface area (Å²) in [5, 5.41) is 11.8. The minimum Gasteiger partial charge on any atom is -0.368 e. The van der Waals surface area contributed by atoms with Gasteiger partial charge in [0, 0.05) is 86.8 Å². The Bertz CT molecular complexity index is 1650. The van der Waals surface area contributed by atoms with Crippen molar-refractivity contribution in [1.82, 2.24) is 30.0 Å². The first-order valence-corrected chi connectivity index (χ1v) is 16.0. The van der Waals surface area contributed by atoms with Crippen LogP contribution in [-0.2, 0) is 20.7 Å². The average molecular weight is 609 g/mol. The molecule has 3 aliphatic rings. The highest BCUT2D eigenvalue weighted by Crippen LogP contribution is 2.34. The van der Waals surface area contributed by atoms with Crippen LogP contribution in [-0.4, -0.2) is 100 Å². The van der Waals surface area contributed by atoms with Crippen LogP contribution in [0.5, 0.6) is 0 Å². The number of hydrogen-bond acceptors (Lipinski definition) is 8. The Morgan fingerprint density at radius 3 is 2.53 bits per heavy atom. The van der Waals surface area contributed by atoms with Crippen LogP contribution in [0.4, 0.5) is 11.4 Å². The average Bonchev–Trinajstić information content (AvgIpc) is 3.69. The fourth-order valence-corrected chi connectivity index (χ4v) is 6.54. The molecule has 7 rings (SSSR count). The Morgan fingerprint density at radius 2 is 1.80 bits per heavy atom. The van der Waals surface area contributed by atoms with Gasteiger partial charge in [-0.2, -0.15) is 5.10 Å². The van der Waals surface area contributed by atoms with Gasteiger partial charge in [-0.3, -0.25) is 19.6 Å². The molecule has 2 amide bonds. The lowest BCUT2D eigenvalue weighted by molar-refractivity contribution is -0.138. The molecule has 1 saturated carbocycles. The number of benzene rings is 2. The van der Waals surface area contributed by atoms with E-state index < -0.39 is 5.60 Å². The van der Waals surface area contributed by atoms with Gasteiger partial charge in [0.2, 0.25) is 5.91 Å². The Hall–Kier alpha value is -4.35. The van der Waals surface area contributed by atoms with Crippen molar-refractivity contribution >= 4 is 34.1 Å². The summed E-state index contributed by atoms with van der Waals surface area (Å²) in [5.41, 5.74) is 3.86. The maximum atomic E-state index is 13.6. The monoisotopic (exact) mass is 608 g/mol. The molecule has 2 saturated heterocycles. The van der Waals surface area contributed by atoms with E-state index in [-0.39, 0.29) is 18.4 Å². The van der Waals surface area contributed by atoms with E-state index in [0.29, 0.717) is 38.4 Å². The number of hydrogen-bond donors (Lipinski definition) is 2. The van der Waals surface area contributed by atoms with E-state index in [1.54, 1.807) is 19.5 Å². The second-order valence-corrected chi connectivity index (χ2v) is 12.5. The van der Waals surface area contributed by atoms with Gasteiger partial charge >= 0.3 is 0 Å². The minimum atomic E-state index is -1.00. The number of amides is 2. The number of carbonyl (C=O) groups is 2. The molecule has 1 aliphatic carbocycles. The van der Waals surface area contributed by atoms with Gasteiger partial charge in [-0.25, -0.2) is 9.97 Å². The number of aromatic amines is 1. The largest absolute Gasteiger partial charge is 0.368 e. The van der Waals surface area contributed by atoms with E-state index in [4.69, 9.17) is 4.74 Å². The van der Waals surface area contributed by atoms with E-state index in [1.807, 2.05) is 46.2 Å². The fourth-order valence-electron chi connectivity index (χ4n) is 6.54. The van der Waals surface area contributed by atoms with Crippen molar-refractivity contribution in [2.75, 3.05) is 63.1 Å². The molecule has 2 aliphatic heterocycles. The van der Waals surface area contributed by atoms with Gasteiger partial charge in [0.05, 0.1) is 12.1 Å². The molecular formula is C34H40N8O3. The third-order valence-electron chi connectivity index (χ3n) is 9.55. The number of carbonyl (C=O) groups excluding carboxylic acids is 2. The van der Waals surface area contributed by atoms with Crippen molar-refractivity contribution in [3.63, 3.8) is 0 Å². The first-order chi connectivity index (χ1) is 22.0. The highest BCUT2D eigenvalue weighted by molar-refractivity contribution is 5.99. The molecule has 4 heterocycles. The molecule has 4 aromatic rings. The third-order valence-corrected chi connectivity index (χ3v) is 9.55. The van der Waals surface area contributed by atoms with Crippen molar-refractivity contribution in [2.24, 2.45) is 5.92 Å². The van der Waals surface area contributed by atoms with Crippen LogP contribution in [0.1, 0.15) is 31.4 Å². The molecule has 2 N–H and O–H groups in total. The number of piperazine rings is 1. The van der Waals surface area contributed by atoms with Gasteiger partial charge in [0.15, 0.2) is 11.4 Å². The van der Waals surface area contributed by atoms with Crippen molar-refractivity contribution in [3.05, 3.63) is 66.6 Å². The Balaban J connectivity index is 0.913. The Labute approximate surface area is 263 Å². The maximum Gasteiger partial charge on any atom is 0.258 e. The molecule has 11 heteroatoms. The zero-order valence-corrected chi connectivity index (χ0v) is 25.7. The van der Waals surface area contributed by atoms with E-state index in [0.717, 1.165) is 59.0 Å². The van der Waals surface area contributed by atoms with Crippen molar-refractivity contribution in [3.8, 4) is 11.4 Å². The molecule has 0 bridgehead atoms. The number of methoxy groups -OCH3 is 1. The van der Waals surface area contributed by atoms with E-state index in [1.165, 1.54) is 19.3 Å². The highest BCUT2D eigenvalue weighted by Gasteiger charge is 2.45. The number of ether oxygens (including phenoxy) is 1. The second-order valence-electron chi connectivity index (χ2n) is 12.5. The molecule has 0 unspecified atom stereocenters. The van der Waals surface area contributed by atoms with Crippen molar-refractivity contribution in [1.29, 1.82) is 0 Å². The number of aromatic nitrogens is 4. The van der Waals surface area contributed by atoms with E-state index in [9.17, 15) is 9.59 Å². The predicted molar refractivity (Wildman–Crippen MR) is 173 cm³/mol. The summed E-state index contributed by atoms with van der Waals surface area (Å²) in [6.07, 6.45) is 8.81. The SMILES string of the molecule is CO[C@@]1(C(=O)Nc2ccc3n[nH]c(CCC4CC4)c3c2)CCN(CC(=O)N2CCN(c3ccc(-c4ncccn4)cc3)CC2)C1. The van der Waals surface area contributed by atoms with Crippen LogP contribution in [0.2, 0.25) is 0 Å². The smallest absolute Gasteiger partial charge is 0.258 e. The summed E-state index contributed by atoms with van der Waals surface area (Å²) in [4.78, 5) is 41.8. The van der Waals surface area contributed by atoms with Crippen LogP contribution in [0.3, 0.4) is 0 Å². The lowest BCUT2D eigenvalue weighted by Crippen LogP contribution is -2.52. The first-order valence-electron chi connectivity index (χ1n) is 16.0. The minimum absolute atomic E-state index is 0.0858. The van der Waals surface area contributed by atoms with E-state index >= 15 is 0 Å². The normalized spacial score (nSPS) is 20.6. The number of H-pyrrole nitrogens is 1. The highest BCUT2D eigenvalue weighted by atomic mass is 16.5. The van der Waals surface area contributed by atoms with Gasteiger partial charge in [0.25, 0.3) is 5.91 Å². The van der Waals surface area contributed by atoms with Gasteiger partial charge in [-0.1, -0.05) is 12.8 Å². The van der Waals surface area contributed by atoms with E-state index in [2.05, 4.69) is 42.5 Å². The molecule has 0 radical (unpaired) electrons. The summed E-state index contributed by atoms with van der Waals surface area (Å²) in [6.45, 7) is 4.11. The molecular weight excluding hydrogens is 568 g/mol. The number of fused-ring (bicyclic) bond motifs is 1. The lowest BCUT2D eigenvalue weighted by Gasteiger charge is -2.37. The molecule has 0 spiro atoms. The van der Waals surface area contributed by atoms with Gasteiger partial charge < -0.3 is 19.9 Å². The summed E-state index contributed by atoms with van der Waals surface area (Å²) in [7, 11) is 1.58. The van der Waals surface area contributed by atoms with Crippen LogP contribution in [0.25, 0.3) is 22.3 Å². The molecule has 11 nitrogen and oxygen atoms in total. The topological polar surface area (TPSA) is 120 Å². The van der Waals surface area contributed by atoms with Crippen LogP contribution in [0, 0.1) is 5.92 Å². The van der Waals surface area contributed by atoms with Crippen molar-refractivity contribution < 1.29 is 14.3 Å². The van der Waals surface area contributed by atoms with Crippen LogP contribution in [0.15, 0.2) is 60.9 Å². The predicted octanol–water partition coefficient (Wildman–Crippen LogP) is 3.74. The van der Waals surface area contributed by atoms with Gasteiger partial charge in [0.1, 0.15) is 0 Å². The zero-order valence-electron chi connectivity index (χ0n) is 25.7. The molecule has 2 aromatic heterocycles. The second kappa shape index (κ2) is 12.6. The quantitative estimate of drug-likeness (QED) is 0.280. The number of aryl methyl sites for hydroxylation is 1. The summed E-state index contributed by atoms with van der Waals surface area (Å²) in [5.74, 6) is 1.46. The molecule has 234 valence electrons. The molecule has 1 atom stereocenters. The zero-order chi connectivity index (χ0) is 30.8. The maximum absolute atomic E-state index is 13.6. The summed E-state index contributed by atoms with van der Waals surface area (Å²) in [6, 6.07) is 15.9. The number of nitrogens with one attached hydrogen (secondary N) is 2.